The van der Waals surface area contributed by atoms with E-state index >= 15 is 0 Å². The van der Waals surface area contributed by atoms with Gasteiger partial charge in [-0.05, 0) is 12.0 Å². The van der Waals surface area contributed by atoms with Crippen molar-refractivity contribution in [2.24, 2.45) is 0 Å². The van der Waals surface area contributed by atoms with Gasteiger partial charge in [-0.25, -0.2) is 0 Å². The van der Waals surface area contributed by atoms with E-state index in [1.807, 2.05) is 18.2 Å². The van der Waals surface area contributed by atoms with Crippen molar-refractivity contribution in [1.82, 2.24) is 0 Å². The lowest BCUT2D eigenvalue weighted by atomic mass is 10.1. The summed E-state index contributed by atoms with van der Waals surface area (Å²) >= 11 is 0. The minimum Gasteiger partial charge on any atom is -0.356 e. The van der Waals surface area contributed by atoms with Crippen molar-refractivity contribution in [2.45, 2.75) is 25.2 Å². The van der Waals surface area contributed by atoms with Crippen LogP contribution in [-0.2, 0) is 9.47 Å². The van der Waals surface area contributed by atoms with Crippen LogP contribution in [0, 0.1) is 0 Å². The summed E-state index contributed by atoms with van der Waals surface area (Å²) in [5.74, 6) is 0. The van der Waals surface area contributed by atoms with Crippen LogP contribution >= 0.6 is 0 Å². The smallest absolute Gasteiger partial charge is 0.158 e. The van der Waals surface area contributed by atoms with Crippen LogP contribution in [0.5, 0.6) is 0 Å². The molecule has 2 rings (SSSR count). The Morgan fingerprint density at radius 2 is 2.00 bits per heavy atom. The van der Waals surface area contributed by atoms with Gasteiger partial charge in [0.25, 0.3) is 0 Å². The molecule has 0 aliphatic carbocycles. The topological polar surface area (TPSA) is 18.5 Å². The fourth-order valence-corrected chi connectivity index (χ4v) is 1.69. The number of benzene rings is 1. The molecule has 0 radical (unpaired) electrons. The molecule has 2 unspecified atom stereocenters. The first-order valence-electron chi connectivity index (χ1n) is 4.63. The quantitative estimate of drug-likeness (QED) is 0.692. The molecule has 1 saturated heterocycles. The summed E-state index contributed by atoms with van der Waals surface area (Å²) in [6.45, 7) is 0. The molecule has 13 heavy (non-hydrogen) atoms. The zero-order chi connectivity index (χ0) is 9.10. The molecule has 0 saturated carbocycles. The Hall–Kier alpha value is -0.860. The molecule has 70 valence electrons. The van der Waals surface area contributed by atoms with Crippen LogP contribution in [0.25, 0.3) is 0 Å². The molecule has 1 aliphatic heterocycles. The van der Waals surface area contributed by atoms with Gasteiger partial charge in [0.2, 0.25) is 0 Å². The second kappa shape index (κ2) is 3.90. The molecule has 2 nitrogen and oxygen atoms in total. The average molecular weight is 178 g/mol. The third kappa shape index (κ3) is 1.90. The lowest BCUT2D eigenvalue weighted by Crippen LogP contribution is -2.08. The van der Waals surface area contributed by atoms with Crippen molar-refractivity contribution in [2.75, 3.05) is 7.11 Å². The van der Waals surface area contributed by atoms with E-state index in [9.17, 15) is 0 Å². The van der Waals surface area contributed by atoms with Crippen molar-refractivity contribution < 1.29 is 9.47 Å². The first-order chi connectivity index (χ1) is 6.40. The zero-order valence-electron chi connectivity index (χ0n) is 7.77. The fraction of sp³-hybridized carbons (Fsp3) is 0.455. The van der Waals surface area contributed by atoms with Crippen LogP contribution in [0.2, 0.25) is 0 Å². The summed E-state index contributed by atoms with van der Waals surface area (Å²) in [6.07, 6.45) is 2.27. The Labute approximate surface area is 78.5 Å². The van der Waals surface area contributed by atoms with Crippen LogP contribution in [0.15, 0.2) is 30.3 Å². The Balaban J connectivity index is 2.04. The highest BCUT2D eigenvalue weighted by atomic mass is 16.7. The molecule has 1 aliphatic rings. The largest absolute Gasteiger partial charge is 0.356 e. The van der Waals surface area contributed by atoms with Crippen LogP contribution in [0.4, 0.5) is 0 Å². The predicted octanol–water partition coefficient (Wildman–Crippen LogP) is 2.51. The molecule has 1 aromatic rings. The second-order valence-corrected chi connectivity index (χ2v) is 3.28. The number of rotatable bonds is 2. The summed E-state index contributed by atoms with van der Waals surface area (Å²) in [4.78, 5) is 0. The number of ether oxygens (including phenoxy) is 2. The Morgan fingerprint density at radius 1 is 1.23 bits per heavy atom. The van der Waals surface area contributed by atoms with E-state index in [1.165, 1.54) is 5.56 Å². The number of methoxy groups -OCH3 is 1. The van der Waals surface area contributed by atoms with Crippen LogP contribution in [0.3, 0.4) is 0 Å². The molecule has 0 bridgehead atoms. The molecule has 1 fully saturated rings. The van der Waals surface area contributed by atoms with Gasteiger partial charge in [-0.1, -0.05) is 30.3 Å². The normalized spacial score (nSPS) is 27.8. The van der Waals surface area contributed by atoms with Gasteiger partial charge >= 0.3 is 0 Å². The zero-order valence-corrected chi connectivity index (χ0v) is 7.77. The summed E-state index contributed by atoms with van der Waals surface area (Å²) in [6, 6.07) is 10.3. The summed E-state index contributed by atoms with van der Waals surface area (Å²) < 4.78 is 10.8. The van der Waals surface area contributed by atoms with Gasteiger partial charge in [-0.2, -0.15) is 0 Å². The monoisotopic (exact) mass is 178 g/mol. The molecular weight excluding hydrogens is 164 g/mol. The van der Waals surface area contributed by atoms with Crippen LogP contribution < -0.4 is 0 Å². The molecule has 2 heteroatoms. The van der Waals surface area contributed by atoms with Crippen molar-refractivity contribution in [3.63, 3.8) is 0 Å². The standard InChI is InChI=1S/C11H14O2/c1-12-11-8-7-10(13-11)9-5-3-2-4-6-9/h2-6,10-11H,7-8H2,1H3. The predicted molar refractivity (Wildman–Crippen MR) is 50.3 cm³/mol. The molecule has 2 atom stereocenters. The minimum absolute atomic E-state index is 0.00907. The lowest BCUT2D eigenvalue weighted by molar-refractivity contribution is -0.115. The maximum Gasteiger partial charge on any atom is 0.158 e. The Bertz CT molecular complexity index is 258. The van der Waals surface area contributed by atoms with Gasteiger partial charge < -0.3 is 9.47 Å². The fourth-order valence-electron chi connectivity index (χ4n) is 1.69. The van der Waals surface area contributed by atoms with Gasteiger partial charge in [0.15, 0.2) is 6.29 Å². The molecule has 0 amide bonds. The van der Waals surface area contributed by atoms with Gasteiger partial charge in [0.05, 0.1) is 6.10 Å². The van der Waals surface area contributed by atoms with E-state index in [4.69, 9.17) is 9.47 Å². The first kappa shape index (κ1) is 8.73. The third-order valence-electron chi connectivity index (χ3n) is 2.41. The molecule has 0 N–H and O–H groups in total. The summed E-state index contributed by atoms with van der Waals surface area (Å²) in [5, 5.41) is 0. The van der Waals surface area contributed by atoms with Crippen LogP contribution in [-0.4, -0.2) is 13.4 Å². The van der Waals surface area contributed by atoms with Crippen molar-refractivity contribution >= 4 is 0 Å². The molecule has 0 spiro atoms. The minimum atomic E-state index is -0.00907. The highest BCUT2D eigenvalue weighted by Crippen LogP contribution is 2.32. The Kier molecular flexibility index (Phi) is 2.62. The van der Waals surface area contributed by atoms with E-state index in [1.54, 1.807) is 7.11 Å². The maximum atomic E-state index is 5.67. The average Bonchev–Trinajstić information content (AvgIpc) is 2.67. The molecule has 1 aromatic carbocycles. The Morgan fingerprint density at radius 3 is 2.62 bits per heavy atom. The maximum absolute atomic E-state index is 5.67. The second-order valence-electron chi connectivity index (χ2n) is 3.28. The molecule has 0 aromatic heterocycles. The highest BCUT2D eigenvalue weighted by molar-refractivity contribution is 5.18. The van der Waals surface area contributed by atoms with Crippen LogP contribution in [0.1, 0.15) is 24.5 Å². The summed E-state index contributed by atoms with van der Waals surface area (Å²) in [5.41, 5.74) is 1.25. The SMILES string of the molecule is COC1CCC(c2ccccc2)O1. The van der Waals surface area contributed by atoms with E-state index < -0.39 is 0 Å². The number of hydrogen-bond acceptors (Lipinski definition) is 2. The summed E-state index contributed by atoms with van der Waals surface area (Å²) in [7, 11) is 1.69. The van der Waals surface area contributed by atoms with E-state index in [0.717, 1.165) is 12.8 Å². The van der Waals surface area contributed by atoms with Crippen molar-refractivity contribution in [3.05, 3.63) is 35.9 Å². The van der Waals surface area contributed by atoms with Gasteiger partial charge in [0, 0.05) is 13.5 Å². The lowest BCUT2D eigenvalue weighted by Gasteiger charge is -2.12. The van der Waals surface area contributed by atoms with E-state index in [2.05, 4.69) is 12.1 Å². The third-order valence-corrected chi connectivity index (χ3v) is 2.41. The number of hydrogen-bond donors (Lipinski definition) is 0. The van der Waals surface area contributed by atoms with E-state index in [0.29, 0.717) is 0 Å². The highest BCUT2D eigenvalue weighted by Gasteiger charge is 2.25. The molecule has 1 heterocycles. The molecular formula is C11H14O2. The van der Waals surface area contributed by atoms with Gasteiger partial charge in [-0.3, -0.25) is 0 Å². The van der Waals surface area contributed by atoms with Crippen molar-refractivity contribution in [1.29, 1.82) is 0 Å². The van der Waals surface area contributed by atoms with E-state index in [-0.39, 0.29) is 12.4 Å². The van der Waals surface area contributed by atoms with Gasteiger partial charge in [-0.15, -0.1) is 0 Å². The van der Waals surface area contributed by atoms with Crippen molar-refractivity contribution in [3.8, 4) is 0 Å². The van der Waals surface area contributed by atoms with Gasteiger partial charge in [0.1, 0.15) is 0 Å². The first-order valence-corrected chi connectivity index (χ1v) is 4.63.